The van der Waals surface area contributed by atoms with E-state index in [2.05, 4.69) is 0 Å². The summed E-state index contributed by atoms with van der Waals surface area (Å²) in [6.07, 6.45) is 0.0592. The Morgan fingerprint density at radius 1 is 1.00 bits per heavy atom. The van der Waals surface area contributed by atoms with Crippen molar-refractivity contribution in [2.24, 2.45) is 0 Å². The summed E-state index contributed by atoms with van der Waals surface area (Å²) in [5.41, 5.74) is -0.267. The zero-order chi connectivity index (χ0) is 20.0. The predicted octanol–water partition coefficient (Wildman–Crippen LogP) is 4.62. The average molecular weight is 393 g/mol. The van der Waals surface area contributed by atoms with Crippen LogP contribution < -0.4 is 4.52 Å². The summed E-state index contributed by atoms with van der Waals surface area (Å²) >= 11 is 0. The van der Waals surface area contributed by atoms with Gasteiger partial charge in [0.15, 0.2) is 0 Å². The van der Waals surface area contributed by atoms with Gasteiger partial charge in [-0.05, 0) is 11.6 Å². The first-order valence-corrected chi connectivity index (χ1v) is 10.1. The molecule has 0 saturated carbocycles. The number of non-ortho nitro benzene ring substituents is 1. The molecule has 0 aliphatic carbocycles. The lowest BCUT2D eigenvalue weighted by Gasteiger charge is -2.29. The molecule has 0 bridgehead atoms. The van der Waals surface area contributed by atoms with Crippen LogP contribution in [0.4, 0.5) is 11.4 Å². The molecule has 0 spiro atoms. The van der Waals surface area contributed by atoms with E-state index in [1.165, 1.54) is 0 Å². The number of nitrogens with zero attached hydrogens (tertiary/aromatic N) is 3. The monoisotopic (exact) mass is 393 g/mol. The lowest BCUT2D eigenvalue weighted by Crippen LogP contribution is -2.23. The van der Waals surface area contributed by atoms with E-state index in [4.69, 9.17) is 4.52 Å². The molecule has 0 saturated heterocycles. The van der Waals surface area contributed by atoms with Crippen LogP contribution in [0.1, 0.15) is 19.4 Å². The van der Waals surface area contributed by atoms with E-state index in [1.54, 1.807) is 28.9 Å². The Morgan fingerprint density at radius 3 is 2.15 bits per heavy atom. The van der Waals surface area contributed by atoms with Gasteiger partial charge in [0.1, 0.15) is 0 Å². The SMILES string of the molecule is CCN(CC)P(=O)(Cc1ccccc1)Oc1ccc([N+](=O)[O-])cc1[N+](=O)[O-]. The van der Waals surface area contributed by atoms with Crippen molar-refractivity contribution in [2.75, 3.05) is 13.1 Å². The summed E-state index contributed by atoms with van der Waals surface area (Å²) in [7, 11) is -3.52. The van der Waals surface area contributed by atoms with Gasteiger partial charge in [-0.2, -0.15) is 0 Å². The highest BCUT2D eigenvalue weighted by atomic mass is 31.2. The minimum atomic E-state index is -3.52. The molecule has 0 aliphatic rings. The molecule has 27 heavy (non-hydrogen) atoms. The van der Waals surface area contributed by atoms with Crippen LogP contribution in [-0.4, -0.2) is 27.6 Å². The molecule has 2 aromatic rings. The lowest BCUT2D eigenvalue weighted by molar-refractivity contribution is -0.394. The van der Waals surface area contributed by atoms with Crippen molar-refractivity contribution < 1.29 is 18.9 Å². The number of nitro groups is 2. The second-order valence-electron chi connectivity index (χ2n) is 5.68. The topological polar surface area (TPSA) is 116 Å². The summed E-state index contributed by atoms with van der Waals surface area (Å²) in [6.45, 7) is 4.46. The Kier molecular flexibility index (Phi) is 6.65. The molecule has 0 aromatic heterocycles. The Labute approximate surface area is 156 Å². The highest BCUT2D eigenvalue weighted by molar-refractivity contribution is 7.56. The van der Waals surface area contributed by atoms with Crippen LogP contribution in [0, 0.1) is 20.2 Å². The van der Waals surface area contributed by atoms with Crippen LogP contribution in [-0.2, 0) is 10.7 Å². The van der Waals surface area contributed by atoms with E-state index < -0.39 is 28.7 Å². The molecule has 9 nitrogen and oxygen atoms in total. The fourth-order valence-electron chi connectivity index (χ4n) is 2.65. The predicted molar refractivity (Wildman–Crippen MR) is 101 cm³/mol. The molecular weight excluding hydrogens is 373 g/mol. The smallest absolute Gasteiger partial charge is 0.323 e. The quantitative estimate of drug-likeness (QED) is 0.347. The molecule has 1 unspecified atom stereocenters. The first-order valence-electron chi connectivity index (χ1n) is 8.31. The van der Waals surface area contributed by atoms with Crippen molar-refractivity contribution in [2.45, 2.75) is 20.0 Å². The largest absolute Gasteiger partial charge is 0.425 e. The third kappa shape index (κ3) is 4.90. The van der Waals surface area contributed by atoms with Crippen LogP contribution in [0.5, 0.6) is 5.75 Å². The normalized spacial score (nSPS) is 13.1. The lowest BCUT2D eigenvalue weighted by atomic mass is 10.2. The van der Waals surface area contributed by atoms with Crippen LogP contribution in [0.25, 0.3) is 0 Å². The summed E-state index contributed by atoms with van der Waals surface area (Å²) in [4.78, 5) is 20.7. The van der Waals surface area contributed by atoms with Crippen LogP contribution in [0.3, 0.4) is 0 Å². The fraction of sp³-hybridized carbons (Fsp3) is 0.294. The maximum absolute atomic E-state index is 13.7. The minimum Gasteiger partial charge on any atom is -0.425 e. The van der Waals surface area contributed by atoms with Gasteiger partial charge in [-0.25, -0.2) is 4.67 Å². The first-order chi connectivity index (χ1) is 12.8. The third-order valence-corrected chi connectivity index (χ3v) is 6.65. The van der Waals surface area contributed by atoms with Gasteiger partial charge in [0.25, 0.3) is 5.69 Å². The number of hydrogen-bond acceptors (Lipinski definition) is 6. The molecule has 2 rings (SSSR count). The van der Waals surface area contributed by atoms with Crippen molar-refractivity contribution >= 4 is 18.9 Å². The Bertz CT molecular complexity index is 870. The summed E-state index contributed by atoms with van der Waals surface area (Å²) in [5.74, 6) is -0.253. The van der Waals surface area contributed by atoms with Gasteiger partial charge in [-0.3, -0.25) is 24.8 Å². The van der Waals surface area contributed by atoms with Crippen molar-refractivity contribution in [3.05, 3.63) is 74.3 Å². The van der Waals surface area contributed by atoms with Gasteiger partial charge in [0.05, 0.1) is 22.1 Å². The minimum absolute atomic E-state index is 0.0592. The molecule has 0 aliphatic heterocycles. The summed E-state index contributed by atoms with van der Waals surface area (Å²) in [6, 6.07) is 12.0. The van der Waals surface area contributed by atoms with Crippen LogP contribution in [0.2, 0.25) is 0 Å². The van der Waals surface area contributed by atoms with Gasteiger partial charge >= 0.3 is 13.2 Å². The molecule has 10 heteroatoms. The van der Waals surface area contributed by atoms with Gasteiger partial charge in [0.2, 0.25) is 5.75 Å². The molecule has 1 atom stereocenters. The van der Waals surface area contributed by atoms with E-state index in [0.29, 0.717) is 13.1 Å². The van der Waals surface area contributed by atoms with E-state index >= 15 is 0 Å². The van der Waals surface area contributed by atoms with Crippen molar-refractivity contribution in [1.29, 1.82) is 0 Å². The summed E-state index contributed by atoms with van der Waals surface area (Å²) < 4.78 is 21.0. The molecule has 144 valence electrons. The number of benzene rings is 2. The van der Waals surface area contributed by atoms with Crippen LogP contribution >= 0.6 is 7.52 Å². The van der Waals surface area contributed by atoms with Crippen molar-refractivity contribution in [3.63, 3.8) is 0 Å². The maximum atomic E-state index is 13.7. The number of hydrogen-bond donors (Lipinski definition) is 0. The average Bonchev–Trinajstić information content (AvgIpc) is 2.63. The van der Waals surface area contributed by atoms with E-state index in [1.807, 2.05) is 19.9 Å². The number of rotatable bonds is 9. The van der Waals surface area contributed by atoms with Crippen molar-refractivity contribution in [3.8, 4) is 5.75 Å². The third-order valence-electron chi connectivity index (χ3n) is 3.98. The molecule has 2 aromatic carbocycles. The highest BCUT2D eigenvalue weighted by Gasteiger charge is 2.34. The zero-order valence-electron chi connectivity index (χ0n) is 15.0. The van der Waals surface area contributed by atoms with Crippen LogP contribution in [0.15, 0.2) is 48.5 Å². The second kappa shape index (κ2) is 8.75. The molecule has 0 heterocycles. The number of nitro benzene ring substituents is 2. The highest BCUT2D eigenvalue weighted by Crippen LogP contribution is 2.55. The Balaban J connectivity index is 2.48. The molecule has 0 radical (unpaired) electrons. The molecule has 0 N–H and O–H groups in total. The van der Waals surface area contributed by atoms with Gasteiger partial charge < -0.3 is 4.52 Å². The van der Waals surface area contributed by atoms with Gasteiger partial charge in [-0.1, -0.05) is 44.2 Å². The molecule has 0 fully saturated rings. The molecule has 0 amide bonds. The van der Waals surface area contributed by atoms with E-state index in [-0.39, 0.29) is 11.9 Å². The second-order valence-corrected chi connectivity index (χ2v) is 8.02. The van der Waals surface area contributed by atoms with Gasteiger partial charge in [0, 0.05) is 19.2 Å². The van der Waals surface area contributed by atoms with Crippen molar-refractivity contribution in [1.82, 2.24) is 4.67 Å². The standard InChI is InChI=1S/C17H20N3O6P/c1-3-18(4-2)27(25,13-14-8-6-5-7-9-14)26-17-11-10-15(19(21)22)12-16(17)20(23)24/h5-12H,3-4,13H2,1-2H3. The first kappa shape index (κ1) is 20.5. The zero-order valence-corrected chi connectivity index (χ0v) is 15.9. The van der Waals surface area contributed by atoms with E-state index in [0.717, 1.165) is 23.8 Å². The molecular formula is C17H20N3O6P. The Morgan fingerprint density at radius 2 is 1.63 bits per heavy atom. The maximum Gasteiger partial charge on any atom is 0.323 e. The van der Waals surface area contributed by atoms with E-state index in [9.17, 15) is 24.8 Å². The Hall–Kier alpha value is -2.77. The summed E-state index contributed by atoms with van der Waals surface area (Å²) in [5, 5.41) is 22.2. The fourth-order valence-corrected chi connectivity index (χ4v) is 5.03. The van der Waals surface area contributed by atoms with Gasteiger partial charge in [-0.15, -0.1) is 0 Å².